The second-order valence-electron chi connectivity index (χ2n) is 4.52. The monoisotopic (exact) mass is 360 g/mol. The van der Waals surface area contributed by atoms with E-state index in [0.29, 0.717) is 9.97 Å². The maximum atomic E-state index is 13.9. The van der Waals surface area contributed by atoms with Gasteiger partial charge in [-0.2, -0.15) is 18.0 Å². The number of rotatable bonds is 3. The third-order valence-electron chi connectivity index (χ3n) is 2.88. The number of anilines is 1. The molecular weight excluding hydrogens is 351 g/mol. The topological polar surface area (TPSA) is 76.4 Å². The molecule has 6 nitrogen and oxygen atoms in total. The lowest BCUT2D eigenvalue weighted by molar-refractivity contribution is 0.590. The molecule has 10 heteroatoms. The molecule has 116 valence electrons. The minimum Gasteiger partial charge on any atom is -0.275 e. The lowest BCUT2D eigenvalue weighted by Gasteiger charge is -2.09. The van der Waals surface area contributed by atoms with Gasteiger partial charge >= 0.3 is 0 Å². The van der Waals surface area contributed by atoms with E-state index in [1.54, 1.807) is 13.8 Å². The predicted octanol–water partition coefficient (Wildman–Crippen LogP) is 3.00. The minimum absolute atomic E-state index is 0.119. The van der Waals surface area contributed by atoms with Gasteiger partial charge in [0.25, 0.3) is 10.0 Å². The molecular formula is C12H10ClFN4O2S2. The van der Waals surface area contributed by atoms with Crippen LogP contribution in [-0.4, -0.2) is 23.0 Å². The first-order valence-corrected chi connectivity index (χ1v) is 8.77. The molecule has 0 aliphatic heterocycles. The molecule has 0 fully saturated rings. The van der Waals surface area contributed by atoms with E-state index < -0.39 is 15.8 Å². The van der Waals surface area contributed by atoms with Gasteiger partial charge in [-0.05, 0) is 26.0 Å². The molecule has 0 saturated carbocycles. The van der Waals surface area contributed by atoms with Gasteiger partial charge in [0.15, 0.2) is 5.82 Å². The Labute approximate surface area is 134 Å². The molecule has 0 aliphatic carbocycles. The molecule has 2 heterocycles. The van der Waals surface area contributed by atoms with Crippen LogP contribution in [0.25, 0.3) is 4.96 Å². The quantitative estimate of drug-likeness (QED) is 0.779. The van der Waals surface area contributed by atoms with E-state index in [0.717, 1.165) is 0 Å². The van der Waals surface area contributed by atoms with Crippen LogP contribution in [0, 0.1) is 19.7 Å². The second-order valence-corrected chi connectivity index (χ2v) is 7.69. The van der Waals surface area contributed by atoms with Gasteiger partial charge in [-0.1, -0.05) is 29.0 Å². The normalized spacial score (nSPS) is 12.0. The first-order chi connectivity index (χ1) is 10.3. The number of sulfonamides is 1. The molecule has 22 heavy (non-hydrogen) atoms. The average molecular weight is 361 g/mol. The summed E-state index contributed by atoms with van der Waals surface area (Å²) in [6.07, 6.45) is 0. The number of imidazole rings is 1. The summed E-state index contributed by atoms with van der Waals surface area (Å²) in [4.78, 5) is 4.62. The van der Waals surface area contributed by atoms with Crippen molar-refractivity contribution in [3.63, 3.8) is 0 Å². The standard InChI is InChI=1S/C12H10ClFN4O2S2/c1-6-11(18-12(15-6)21-7(2)16-18)22(19,20)17-9-5-3-4-8(13)10(9)14/h3-5,17H,1-2H3. The van der Waals surface area contributed by atoms with E-state index in [1.807, 2.05) is 0 Å². The van der Waals surface area contributed by atoms with E-state index in [-0.39, 0.29) is 21.4 Å². The third-order valence-corrected chi connectivity index (χ3v) is 5.46. The van der Waals surface area contributed by atoms with Crippen LogP contribution >= 0.6 is 22.9 Å². The van der Waals surface area contributed by atoms with Gasteiger partial charge in [0.1, 0.15) is 5.01 Å². The molecule has 0 radical (unpaired) electrons. The molecule has 1 N–H and O–H groups in total. The van der Waals surface area contributed by atoms with Crippen LogP contribution in [0.15, 0.2) is 23.2 Å². The summed E-state index contributed by atoms with van der Waals surface area (Å²) in [5.74, 6) is -0.833. The molecule has 0 amide bonds. The van der Waals surface area contributed by atoms with E-state index in [2.05, 4.69) is 14.8 Å². The Morgan fingerprint density at radius 2 is 2.09 bits per heavy atom. The highest BCUT2D eigenvalue weighted by Crippen LogP contribution is 2.27. The zero-order valence-electron chi connectivity index (χ0n) is 11.5. The van der Waals surface area contributed by atoms with Gasteiger partial charge in [-0.3, -0.25) is 4.72 Å². The molecule has 3 rings (SSSR count). The average Bonchev–Trinajstić information content (AvgIpc) is 2.89. The Bertz CT molecular complexity index is 981. The number of nitrogens with one attached hydrogen (secondary N) is 1. The summed E-state index contributed by atoms with van der Waals surface area (Å²) >= 11 is 6.93. The highest BCUT2D eigenvalue weighted by Gasteiger charge is 2.26. The number of benzene rings is 1. The van der Waals surface area contributed by atoms with Crippen molar-refractivity contribution in [3.8, 4) is 0 Å². The van der Waals surface area contributed by atoms with Crippen molar-refractivity contribution in [3.05, 3.63) is 39.7 Å². The fraction of sp³-hybridized carbons (Fsp3) is 0.167. The molecule has 0 bridgehead atoms. The van der Waals surface area contributed by atoms with Crippen molar-refractivity contribution in [2.75, 3.05) is 4.72 Å². The highest BCUT2D eigenvalue weighted by molar-refractivity contribution is 7.92. The Morgan fingerprint density at radius 3 is 2.82 bits per heavy atom. The molecule has 0 aliphatic rings. The van der Waals surface area contributed by atoms with Crippen molar-refractivity contribution >= 4 is 43.6 Å². The lowest BCUT2D eigenvalue weighted by atomic mass is 10.3. The number of hydrogen-bond donors (Lipinski definition) is 1. The molecule has 0 spiro atoms. The highest BCUT2D eigenvalue weighted by atomic mass is 35.5. The molecule has 3 aromatic rings. The minimum atomic E-state index is -4.06. The second kappa shape index (κ2) is 5.18. The van der Waals surface area contributed by atoms with Crippen LogP contribution in [0.1, 0.15) is 10.7 Å². The van der Waals surface area contributed by atoms with E-state index in [9.17, 15) is 12.8 Å². The Hall–Kier alpha value is -1.71. The van der Waals surface area contributed by atoms with Crippen molar-refractivity contribution in [1.82, 2.24) is 14.6 Å². The zero-order chi connectivity index (χ0) is 16.1. The van der Waals surface area contributed by atoms with Crippen LogP contribution in [0.3, 0.4) is 0 Å². The number of halogens is 2. The van der Waals surface area contributed by atoms with Crippen molar-refractivity contribution < 1.29 is 12.8 Å². The Balaban J connectivity index is 2.12. The van der Waals surface area contributed by atoms with Crippen LogP contribution in [-0.2, 0) is 10.0 Å². The third kappa shape index (κ3) is 2.44. The van der Waals surface area contributed by atoms with Crippen LogP contribution in [0.2, 0.25) is 5.02 Å². The van der Waals surface area contributed by atoms with Gasteiger partial charge in [-0.25, -0.2) is 9.37 Å². The fourth-order valence-corrected chi connectivity index (χ4v) is 4.36. The number of fused-ring (bicyclic) bond motifs is 1. The summed E-state index contributed by atoms with van der Waals surface area (Å²) in [6.45, 7) is 3.30. The number of nitrogens with zero attached hydrogens (tertiary/aromatic N) is 3. The van der Waals surface area contributed by atoms with Gasteiger partial charge in [0.2, 0.25) is 9.99 Å². The summed E-state index contributed by atoms with van der Waals surface area (Å²) in [6, 6.07) is 4.08. The van der Waals surface area contributed by atoms with Gasteiger partial charge in [0.05, 0.1) is 16.4 Å². The van der Waals surface area contributed by atoms with E-state index in [1.165, 1.54) is 34.1 Å². The van der Waals surface area contributed by atoms with Gasteiger partial charge in [0, 0.05) is 0 Å². The first kappa shape index (κ1) is 15.2. The molecule has 0 unspecified atom stereocenters. The summed E-state index contributed by atoms with van der Waals surface area (Å²) in [5, 5.41) is 4.50. The molecule has 0 saturated heterocycles. The molecule has 1 aromatic carbocycles. The Kier molecular flexibility index (Phi) is 3.58. The number of aryl methyl sites for hydroxylation is 2. The first-order valence-electron chi connectivity index (χ1n) is 6.09. The predicted molar refractivity (Wildman–Crippen MR) is 82.6 cm³/mol. The largest absolute Gasteiger partial charge is 0.281 e. The van der Waals surface area contributed by atoms with E-state index >= 15 is 0 Å². The molecule has 0 atom stereocenters. The summed E-state index contributed by atoms with van der Waals surface area (Å²) in [7, 11) is -4.06. The van der Waals surface area contributed by atoms with Crippen molar-refractivity contribution in [2.24, 2.45) is 0 Å². The van der Waals surface area contributed by atoms with Crippen LogP contribution < -0.4 is 4.72 Å². The fourth-order valence-electron chi connectivity index (χ4n) is 2.01. The SMILES string of the molecule is Cc1nn2c(S(=O)(=O)Nc3cccc(Cl)c3F)c(C)nc2s1. The van der Waals surface area contributed by atoms with Gasteiger partial charge < -0.3 is 0 Å². The smallest absolute Gasteiger partial charge is 0.275 e. The Morgan fingerprint density at radius 1 is 1.36 bits per heavy atom. The van der Waals surface area contributed by atoms with Crippen LogP contribution in [0.5, 0.6) is 0 Å². The zero-order valence-corrected chi connectivity index (χ0v) is 13.9. The number of hydrogen-bond acceptors (Lipinski definition) is 5. The van der Waals surface area contributed by atoms with Crippen molar-refractivity contribution in [2.45, 2.75) is 18.9 Å². The van der Waals surface area contributed by atoms with E-state index in [4.69, 9.17) is 11.6 Å². The van der Waals surface area contributed by atoms with Crippen molar-refractivity contribution in [1.29, 1.82) is 0 Å². The van der Waals surface area contributed by atoms with Crippen LogP contribution in [0.4, 0.5) is 10.1 Å². The summed E-state index contributed by atoms with van der Waals surface area (Å²) in [5.41, 5.74) is 0.0579. The lowest BCUT2D eigenvalue weighted by Crippen LogP contribution is -2.17. The maximum Gasteiger partial charge on any atom is 0.281 e. The van der Waals surface area contributed by atoms with Gasteiger partial charge in [-0.15, -0.1) is 0 Å². The number of aromatic nitrogens is 3. The molecule has 2 aromatic heterocycles. The maximum absolute atomic E-state index is 13.9. The summed E-state index contributed by atoms with van der Waals surface area (Å²) < 4.78 is 42.4.